The number of esters is 1. The first-order chi connectivity index (χ1) is 17.0. The van der Waals surface area contributed by atoms with E-state index in [-0.39, 0.29) is 24.2 Å². The number of carbonyl (C=O) groups is 3. The highest BCUT2D eigenvalue weighted by Gasteiger charge is 2.38. The molecule has 0 spiro atoms. The van der Waals surface area contributed by atoms with Gasteiger partial charge in [0.2, 0.25) is 0 Å². The molecule has 1 fully saturated rings. The lowest BCUT2D eigenvalue weighted by Crippen LogP contribution is -2.51. The smallest absolute Gasteiger partial charge is 0.338 e. The number of rotatable bonds is 6. The molecule has 0 bridgehead atoms. The molecule has 1 aromatic rings. The van der Waals surface area contributed by atoms with Gasteiger partial charge in [-0.2, -0.15) is 0 Å². The van der Waals surface area contributed by atoms with Crippen molar-refractivity contribution in [3.63, 3.8) is 0 Å². The average Bonchev–Trinajstić information content (AvgIpc) is 3.03. The van der Waals surface area contributed by atoms with Crippen LogP contribution in [0, 0.1) is 6.92 Å². The van der Waals surface area contributed by atoms with Gasteiger partial charge in [-0.15, -0.1) is 0 Å². The van der Waals surface area contributed by atoms with E-state index >= 15 is 0 Å². The zero-order valence-electron chi connectivity index (χ0n) is 22.5. The Hall–Kier alpha value is -3.07. The highest BCUT2D eigenvalue weighted by atomic mass is 16.5. The summed E-state index contributed by atoms with van der Waals surface area (Å²) in [6.45, 7) is 15.3. The summed E-state index contributed by atoms with van der Waals surface area (Å²) in [5.74, 6) is -0.418. The monoisotopic (exact) mass is 499 g/mol. The molecule has 9 nitrogen and oxygen atoms in total. The number of hydrogen-bond donors (Lipinski definition) is 2. The molecule has 4 amide bonds. The van der Waals surface area contributed by atoms with E-state index in [1.807, 2.05) is 63.8 Å². The van der Waals surface area contributed by atoms with Gasteiger partial charge < -0.3 is 20.3 Å². The summed E-state index contributed by atoms with van der Waals surface area (Å²) in [6, 6.07) is 6.94. The van der Waals surface area contributed by atoms with Gasteiger partial charge >= 0.3 is 18.0 Å². The quantitative estimate of drug-likeness (QED) is 0.585. The Morgan fingerprint density at radius 1 is 1.14 bits per heavy atom. The third-order valence-electron chi connectivity index (χ3n) is 6.36. The minimum absolute atomic E-state index is 0.0671. The molecule has 2 N–H and O–H groups in total. The van der Waals surface area contributed by atoms with Crippen molar-refractivity contribution in [1.82, 2.24) is 25.3 Å². The van der Waals surface area contributed by atoms with Gasteiger partial charge in [-0.1, -0.05) is 29.8 Å². The number of nitrogens with one attached hydrogen (secondary N) is 2. The van der Waals surface area contributed by atoms with Crippen molar-refractivity contribution in [1.29, 1.82) is 0 Å². The van der Waals surface area contributed by atoms with Crippen LogP contribution in [0.4, 0.5) is 9.59 Å². The average molecular weight is 500 g/mol. The van der Waals surface area contributed by atoms with Gasteiger partial charge in [0, 0.05) is 50.5 Å². The molecule has 36 heavy (non-hydrogen) atoms. The van der Waals surface area contributed by atoms with Crippen LogP contribution in [0.3, 0.4) is 0 Å². The second kappa shape index (κ2) is 11.8. The molecule has 1 atom stereocenters. The molecular formula is C27H41N5O4. The summed E-state index contributed by atoms with van der Waals surface area (Å²) in [5, 5.41) is 6.06. The summed E-state index contributed by atoms with van der Waals surface area (Å²) >= 11 is 0. The van der Waals surface area contributed by atoms with E-state index < -0.39 is 12.0 Å². The summed E-state index contributed by atoms with van der Waals surface area (Å²) in [4.78, 5) is 44.9. The van der Waals surface area contributed by atoms with Crippen LogP contribution in [0.5, 0.6) is 0 Å². The van der Waals surface area contributed by atoms with Gasteiger partial charge in [0.25, 0.3) is 0 Å². The van der Waals surface area contributed by atoms with Crippen LogP contribution >= 0.6 is 0 Å². The fourth-order valence-corrected chi connectivity index (χ4v) is 4.70. The number of amides is 4. The molecule has 9 heteroatoms. The molecular weight excluding hydrogens is 458 g/mol. The van der Waals surface area contributed by atoms with Crippen molar-refractivity contribution in [2.45, 2.75) is 59.5 Å². The Bertz CT molecular complexity index is 1000. The molecule has 0 aromatic heterocycles. The zero-order valence-corrected chi connectivity index (χ0v) is 22.5. The van der Waals surface area contributed by atoms with E-state index in [2.05, 4.69) is 15.5 Å². The van der Waals surface area contributed by atoms with Crippen LogP contribution in [0.2, 0.25) is 0 Å². The number of aryl methyl sites for hydroxylation is 1. The first-order valence-corrected chi connectivity index (χ1v) is 12.9. The van der Waals surface area contributed by atoms with E-state index in [0.717, 1.165) is 24.1 Å². The molecule has 0 radical (unpaired) electrons. The lowest BCUT2D eigenvalue weighted by molar-refractivity contribution is -0.139. The molecule has 2 aliphatic rings. The van der Waals surface area contributed by atoms with Gasteiger partial charge in [0.1, 0.15) is 0 Å². The fraction of sp³-hybridized carbons (Fsp3) is 0.593. The molecule has 1 aromatic carbocycles. The Morgan fingerprint density at radius 2 is 1.89 bits per heavy atom. The van der Waals surface area contributed by atoms with Crippen LogP contribution in [0.15, 0.2) is 35.5 Å². The van der Waals surface area contributed by atoms with Crippen molar-refractivity contribution in [3.05, 3.63) is 46.7 Å². The van der Waals surface area contributed by atoms with Crippen molar-refractivity contribution in [2.75, 3.05) is 45.9 Å². The Morgan fingerprint density at radius 3 is 2.53 bits per heavy atom. The van der Waals surface area contributed by atoms with E-state index in [1.54, 1.807) is 11.8 Å². The predicted molar refractivity (Wildman–Crippen MR) is 139 cm³/mol. The Kier molecular flexibility index (Phi) is 9.00. The topological polar surface area (TPSA) is 94.2 Å². The second-order valence-corrected chi connectivity index (χ2v) is 10.4. The summed E-state index contributed by atoms with van der Waals surface area (Å²) in [6.07, 6.45) is 0.805. The summed E-state index contributed by atoms with van der Waals surface area (Å²) < 4.78 is 5.48. The van der Waals surface area contributed by atoms with Crippen LogP contribution in [0.1, 0.15) is 58.2 Å². The minimum Gasteiger partial charge on any atom is -0.463 e. The Labute approximate surface area is 214 Å². The standard InChI is InChI=1S/C27H41N5O4/c1-7-32-21(18-30-13-10-14-31(16-15-30)26(35)29-27(4,5)6)22(24(33)36-8-2)23(28-25(32)34)20-12-9-11-19(3)17-20/h9,11-12,17,23H,7-8,10,13-16,18H2,1-6H3,(H,28,34)(H,29,35). The van der Waals surface area contributed by atoms with E-state index in [4.69, 9.17) is 4.74 Å². The van der Waals surface area contributed by atoms with Gasteiger partial charge in [0.15, 0.2) is 0 Å². The third kappa shape index (κ3) is 6.78. The van der Waals surface area contributed by atoms with E-state index in [0.29, 0.717) is 44.0 Å². The molecule has 0 saturated carbocycles. The molecule has 198 valence electrons. The molecule has 2 aliphatic heterocycles. The predicted octanol–water partition coefficient (Wildman–Crippen LogP) is 3.41. The van der Waals surface area contributed by atoms with Crippen LogP contribution in [0.25, 0.3) is 0 Å². The first-order valence-electron chi connectivity index (χ1n) is 12.9. The molecule has 3 rings (SSSR count). The first kappa shape index (κ1) is 27.5. The van der Waals surface area contributed by atoms with Crippen LogP contribution < -0.4 is 10.6 Å². The van der Waals surface area contributed by atoms with E-state index in [9.17, 15) is 14.4 Å². The fourth-order valence-electron chi connectivity index (χ4n) is 4.70. The third-order valence-corrected chi connectivity index (χ3v) is 6.36. The van der Waals surface area contributed by atoms with Gasteiger partial charge in [-0.3, -0.25) is 9.80 Å². The maximum Gasteiger partial charge on any atom is 0.338 e. The zero-order chi connectivity index (χ0) is 26.5. The SMILES string of the molecule is CCOC(=O)C1=C(CN2CCCN(C(=O)NC(C)(C)C)CC2)N(CC)C(=O)NC1c1cccc(C)c1. The summed E-state index contributed by atoms with van der Waals surface area (Å²) in [7, 11) is 0. The van der Waals surface area contributed by atoms with Crippen molar-refractivity contribution in [3.8, 4) is 0 Å². The summed E-state index contributed by atoms with van der Waals surface area (Å²) in [5.41, 5.74) is 2.73. The minimum atomic E-state index is -0.588. The highest BCUT2D eigenvalue weighted by Crippen LogP contribution is 2.32. The lowest BCUT2D eigenvalue weighted by atomic mass is 9.93. The number of likely N-dealkylation sites (N-methyl/N-ethyl adjacent to an activating group) is 1. The van der Waals surface area contributed by atoms with Crippen LogP contribution in [-0.2, 0) is 9.53 Å². The molecule has 0 aliphatic carbocycles. The Balaban J connectivity index is 1.92. The van der Waals surface area contributed by atoms with Gasteiger partial charge in [0.05, 0.1) is 18.2 Å². The normalized spacial score (nSPS) is 19.6. The number of nitrogens with zero attached hydrogens (tertiary/aromatic N) is 3. The van der Waals surface area contributed by atoms with Crippen LogP contribution in [-0.4, -0.2) is 84.1 Å². The number of benzene rings is 1. The maximum atomic E-state index is 13.3. The van der Waals surface area contributed by atoms with Crippen molar-refractivity contribution < 1.29 is 19.1 Å². The number of carbonyl (C=O) groups excluding carboxylic acids is 3. The van der Waals surface area contributed by atoms with Gasteiger partial charge in [-0.25, -0.2) is 14.4 Å². The van der Waals surface area contributed by atoms with Crippen molar-refractivity contribution in [2.24, 2.45) is 0 Å². The second-order valence-electron chi connectivity index (χ2n) is 10.4. The number of urea groups is 2. The molecule has 1 unspecified atom stereocenters. The van der Waals surface area contributed by atoms with Gasteiger partial charge in [-0.05, 0) is 53.5 Å². The maximum absolute atomic E-state index is 13.3. The lowest BCUT2D eigenvalue weighted by Gasteiger charge is -2.38. The van der Waals surface area contributed by atoms with E-state index in [1.165, 1.54) is 0 Å². The highest BCUT2D eigenvalue weighted by molar-refractivity contribution is 5.95. The number of ether oxygens (including phenoxy) is 1. The number of hydrogen-bond acceptors (Lipinski definition) is 5. The largest absolute Gasteiger partial charge is 0.463 e. The molecule has 1 saturated heterocycles. The van der Waals surface area contributed by atoms with Crippen molar-refractivity contribution >= 4 is 18.0 Å². The molecule has 2 heterocycles.